The van der Waals surface area contributed by atoms with Crippen LogP contribution in [-0.2, 0) is 10.0 Å². The Morgan fingerprint density at radius 1 is 1.50 bits per heavy atom. The van der Waals surface area contributed by atoms with Gasteiger partial charge in [-0.2, -0.15) is 0 Å². The SMILES string of the molecule is CC(C)S(=O)(=O)NCC[NH]. The van der Waals surface area contributed by atoms with E-state index in [0.29, 0.717) is 0 Å². The van der Waals surface area contributed by atoms with Crippen molar-refractivity contribution in [2.45, 2.75) is 19.1 Å². The lowest BCUT2D eigenvalue weighted by Gasteiger charge is -2.06. The van der Waals surface area contributed by atoms with Crippen LogP contribution < -0.4 is 10.5 Å². The van der Waals surface area contributed by atoms with Crippen LogP contribution in [0.3, 0.4) is 0 Å². The van der Waals surface area contributed by atoms with Gasteiger partial charge < -0.3 is 0 Å². The van der Waals surface area contributed by atoms with E-state index >= 15 is 0 Å². The van der Waals surface area contributed by atoms with Crippen molar-refractivity contribution in [3.63, 3.8) is 0 Å². The minimum atomic E-state index is -3.13. The minimum Gasteiger partial charge on any atom is -0.256 e. The van der Waals surface area contributed by atoms with Gasteiger partial charge in [-0.25, -0.2) is 13.1 Å². The molecule has 10 heavy (non-hydrogen) atoms. The number of sulfonamides is 1. The topological polar surface area (TPSA) is 70.0 Å². The van der Waals surface area contributed by atoms with E-state index in [9.17, 15) is 8.42 Å². The van der Waals surface area contributed by atoms with Crippen molar-refractivity contribution in [1.82, 2.24) is 10.5 Å². The lowest BCUT2D eigenvalue weighted by Crippen LogP contribution is -2.32. The molecule has 0 heterocycles. The predicted molar refractivity (Wildman–Crippen MR) is 40.0 cm³/mol. The van der Waals surface area contributed by atoms with Gasteiger partial charge in [0.1, 0.15) is 0 Å². The fraction of sp³-hybridized carbons (Fsp3) is 1.00. The molecule has 0 saturated heterocycles. The summed E-state index contributed by atoms with van der Waals surface area (Å²) >= 11 is 0. The molecule has 0 saturated carbocycles. The summed E-state index contributed by atoms with van der Waals surface area (Å²) in [6.45, 7) is 3.50. The van der Waals surface area contributed by atoms with Crippen LogP contribution in [0.1, 0.15) is 13.8 Å². The fourth-order valence-corrected chi connectivity index (χ4v) is 1.08. The van der Waals surface area contributed by atoms with Gasteiger partial charge >= 0.3 is 0 Å². The molecular formula is C5H13N2O2S. The molecule has 0 amide bonds. The van der Waals surface area contributed by atoms with E-state index < -0.39 is 15.3 Å². The highest BCUT2D eigenvalue weighted by Gasteiger charge is 2.13. The lowest BCUT2D eigenvalue weighted by molar-refractivity contribution is 0.573. The largest absolute Gasteiger partial charge is 0.256 e. The number of hydrogen-bond donors (Lipinski definition) is 1. The molecule has 0 bridgehead atoms. The first-order chi connectivity index (χ1) is 4.50. The molecule has 0 rings (SSSR count). The van der Waals surface area contributed by atoms with Gasteiger partial charge in [0.25, 0.3) is 0 Å². The summed E-state index contributed by atoms with van der Waals surface area (Å²) in [5.74, 6) is 0. The van der Waals surface area contributed by atoms with Gasteiger partial charge in [-0.3, -0.25) is 5.73 Å². The number of rotatable bonds is 4. The van der Waals surface area contributed by atoms with E-state index in [4.69, 9.17) is 5.73 Å². The Labute approximate surface area is 61.8 Å². The number of nitrogens with one attached hydrogen (secondary N) is 2. The molecule has 0 spiro atoms. The van der Waals surface area contributed by atoms with Crippen LogP contribution in [0.2, 0.25) is 0 Å². The van der Waals surface area contributed by atoms with E-state index in [2.05, 4.69) is 4.72 Å². The molecule has 0 aromatic carbocycles. The molecule has 0 aromatic rings. The van der Waals surface area contributed by atoms with E-state index in [1.165, 1.54) is 0 Å². The first-order valence-electron chi connectivity index (χ1n) is 3.13. The molecule has 0 aliphatic carbocycles. The summed E-state index contributed by atoms with van der Waals surface area (Å²) in [6.07, 6.45) is 0. The zero-order valence-electron chi connectivity index (χ0n) is 6.22. The van der Waals surface area contributed by atoms with Crippen molar-refractivity contribution in [2.75, 3.05) is 13.1 Å². The molecule has 4 nitrogen and oxygen atoms in total. The molecule has 0 aliphatic rings. The van der Waals surface area contributed by atoms with Gasteiger partial charge in [0.2, 0.25) is 10.0 Å². The second kappa shape index (κ2) is 3.90. The van der Waals surface area contributed by atoms with Crippen LogP contribution in [0.25, 0.3) is 0 Å². The van der Waals surface area contributed by atoms with E-state index in [1.807, 2.05) is 0 Å². The maximum absolute atomic E-state index is 10.9. The van der Waals surface area contributed by atoms with Crippen molar-refractivity contribution in [3.05, 3.63) is 0 Å². The first kappa shape index (κ1) is 9.87. The highest BCUT2D eigenvalue weighted by Crippen LogP contribution is 1.93. The molecule has 5 heteroatoms. The molecule has 0 atom stereocenters. The van der Waals surface area contributed by atoms with Crippen molar-refractivity contribution in [1.29, 1.82) is 0 Å². The van der Waals surface area contributed by atoms with Gasteiger partial charge in [0.15, 0.2) is 0 Å². The first-order valence-corrected chi connectivity index (χ1v) is 4.68. The Bertz CT molecular complexity index is 174. The molecule has 2 N–H and O–H groups in total. The third-order valence-electron chi connectivity index (χ3n) is 1.05. The van der Waals surface area contributed by atoms with Crippen molar-refractivity contribution < 1.29 is 8.42 Å². The normalized spacial score (nSPS) is 12.4. The predicted octanol–water partition coefficient (Wildman–Crippen LogP) is -0.403. The third-order valence-corrected chi connectivity index (χ3v) is 2.90. The summed E-state index contributed by atoms with van der Waals surface area (Å²) in [6, 6.07) is 0. The highest BCUT2D eigenvalue weighted by molar-refractivity contribution is 7.90. The standard InChI is InChI=1S/C5H13N2O2S/c1-5(2)10(8,9)7-4-3-6/h5-7H,3-4H2,1-2H3. The van der Waals surface area contributed by atoms with Crippen molar-refractivity contribution >= 4 is 10.0 Å². The smallest absolute Gasteiger partial charge is 0.213 e. The highest BCUT2D eigenvalue weighted by atomic mass is 32.2. The van der Waals surface area contributed by atoms with Gasteiger partial charge in [0, 0.05) is 13.1 Å². The maximum atomic E-state index is 10.9. The second-order valence-corrected chi connectivity index (χ2v) is 4.56. The fourth-order valence-electron chi connectivity index (χ4n) is 0.360. The summed E-state index contributed by atoms with van der Waals surface area (Å²) in [5.41, 5.74) is 6.70. The molecule has 0 aromatic heterocycles. The molecule has 1 radical (unpaired) electrons. The molecule has 61 valence electrons. The lowest BCUT2D eigenvalue weighted by atomic mass is 10.6. The van der Waals surface area contributed by atoms with Gasteiger partial charge in [-0.05, 0) is 13.8 Å². The zero-order chi connectivity index (χ0) is 8.20. The summed E-state index contributed by atoms with van der Waals surface area (Å²) in [7, 11) is -3.13. The maximum Gasteiger partial charge on any atom is 0.213 e. The summed E-state index contributed by atoms with van der Waals surface area (Å²) < 4.78 is 24.1. The van der Waals surface area contributed by atoms with Crippen molar-refractivity contribution in [3.8, 4) is 0 Å². The Kier molecular flexibility index (Phi) is 3.85. The molecular weight excluding hydrogens is 152 g/mol. The Balaban J connectivity index is 3.90. The van der Waals surface area contributed by atoms with Gasteiger partial charge in [0.05, 0.1) is 5.25 Å². The Morgan fingerprint density at radius 3 is 2.30 bits per heavy atom. The summed E-state index contributed by atoms with van der Waals surface area (Å²) in [4.78, 5) is 0. The summed E-state index contributed by atoms with van der Waals surface area (Å²) in [5, 5.41) is -0.404. The van der Waals surface area contributed by atoms with Gasteiger partial charge in [-0.15, -0.1) is 0 Å². The zero-order valence-corrected chi connectivity index (χ0v) is 7.03. The average molecular weight is 165 g/mol. The van der Waals surface area contributed by atoms with E-state index in [1.54, 1.807) is 13.8 Å². The van der Waals surface area contributed by atoms with Crippen LogP contribution in [0.15, 0.2) is 0 Å². The van der Waals surface area contributed by atoms with E-state index in [-0.39, 0.29) is 13.1 Å². The third kappa shape index (κ3) is 3.14. The number of hydrogen-bond acceptors (Lipinski definition) is 2. The van der Waals surface area contributed by atoms with E-state index in [0.717, 1.165) is 0 Å². The Morgan fingerprint density at radius 2 is 2.00 bits per heavy atom. The van der Waals surface area contributed by atoms with Crippen LogP contribution in [0.4, 0.5) is 0 Å². The molecule has 0 fully saturated rings. The molecule has 0 unspecified atom stereocenters. The van der Waals surface area contributed by atoms with Crippen molar-refractivity contribution in [2.24, 2.45) is 0 Å². The second-order valence-electron chi connectivity index (χ2n) is 2.24. The van der Waals surface area contributed by atoms with Crippen LogP contribution in [0, 0.1) is 0 Å². The Hall–Kier alpha value is -0.130. The van der Waals surface area contributed by atoms with Crippen LogP contribution in [-0.4, -0.2) is 26.8 Å². The van der Waals surface area contributed by atoms with Crippen LogP contribution >= 0.6 is 0 Å². The molecule has 0 aliphatic heterocycles. The average Bonchev–Trinajstić information content (AvgIpc) is 1.84. The monoisotopic (exact) mass is 165 g/mol. The minimum absolute atomic E-state index is 0.0892. The van der Waals surface area contributed by atoms with Crippen LogP contribution in [0.5, 0.6) is 0 Å². The van der Waals surface area contributed by atoms with Gasteiger partial charge in [-0.1, -0.05) is 0 Å². The quantitative estimate of drug-likeness (QED) is 0.615.